The van der Waals surface area contributed by atoms with Crippen LogP contribution in [0.4, 0.5) is 0 Å². The zero-order valence-corrected chi connectivity index (χ0v) is 16.4. The van der Waals surface area contributed by atoms with Crippen molar-refractivity contribution in [1.29, 1.82) is 0 Å². The molecule has 1 unspecified atom stereocenters. The predicted octanol–water partition coefficient (Wildman–Crippen LogP) is 3.20. The number of hydrogen-bond donors (Lipinski definition) is 1. The fourth-order valence-corrected chi connectivity index (χ4v) is 3.99. The Morgan fingerprint density at radius 1 is 1.28 bits per heavy atom. The highest BCUT2D eigenvalue weighted by Gasteiger charge is 2.33. The van der Waals surface area contributed by atoms with Crippen molar-refractivity contribution in [3.63, 3.8) is 0 Å². The van der Waals surface area contributed by atoms with E-state index >= 15 is 0 Å². The Kier molecular flexibility index (Phi) is 7.38. The van der Waals surface area contributed by atoms with Gasteiger partial charge in [-0.15, -0.1) is 0 Å². The number of aliphatic hydroxyl groups is 1. The zero-order valence-electron chi connectivity index (χ0n) is 15.6. The average Bonchev–Trinajstić information content (AvgIpc) is 2.51. The molecule has 1 aromatic carbocycles. The maximum absolute atomic E-state index is 12.8. The summed E-state index contributed by atoms with van der Waals surface area (Å²) in [5.74, 6) is -0.803. The monoisotopic (exact) mass is 368 g/mol. The van der Waals surface area contributed by atoms with Gasteiger partial charge in [0.2, 0.25) is 0 Å². The summed E-state index contributed by atoms with van der Waals surface area (Å²) in [5.41, 5.74) is 0.943. The van der Waals surface area contributed by atoms with E-state index in [1.165, 1.54) is 25.3 Å². The second kappa shape index (κ2) is 8.63. The molecule has 0 fully saturated rings. The molecular formula is C19H28O5S. The molecule has 1 rings (SSSR count). The van der Waals surface area contributed by atoms with Crippen molar-refractivity contribution < 1.29 is 23.1 Å². The highest BCUT2D eigenvalue weighted by molar-refractivity contribution is 7.93. The molecule has 0 radical (unpaired) electrons. The van der Waals surface area contributed by atoms with Crippen LogP contribution in [0.15, 0.2) is 40.8 Å². The van der Waals surface area contributed by atoms with Gasteiger partial charge >= 0.3 is 5.97 Å². The van der Waals surface area contributed by atoms with Crippen LogP contribution < -0.4 is 0 Å². The van der Waals surface area contributed by atoms with Gasteiger partial charge in [0.1, 0.15) is 0 Å². The molecular weight excluding hydrogens is 340 g/mol. The number of carbonyl (C=O) groups is 1. The van der Waals surface area contributed by atoms with Crippen LogP contribution in [0, 0.1) is 6.92 Å². The van der Waals surface area contributed by atoms with Crippen molar-refractivity contribution >= 4 is 15.8 Å². The van der Waals surface area contributed by atoms with Crippen LogP contribution in [0.1, 0.15) is 45.6 Å². The Hall–Kier alpha value is -1.66. The average molecular weight is 368 g/mol. The molecule has 0 saturated carbocycles. The first-order chi connectivity index (χ1) is 11.5. The molecule has 0 saturated heterocycles. The maximum Gasteiger partial charge on any atom is 0.328 e. The standard InChI is InChI=1S/C19H28O5S/c1-14-8-10-16(11-9-14)25(22,23)17(18(20)24-5)13-15(2)7-6-12-19(3,4)21/h8-11,13,17,21H,6-7,12H2,1-5H3/b15-13+. The molecule has 1 atom stereocenters. The summed E-state index contributed by atoms with van der Waals surface area (Å²) >= 11 is 0. The van der Waals surface area contributed by atoms with E-state index in [4.69, 9.17) is 4.74 Å². The van der Waals surface area contributed by atoms with Crippen LogP contribution >= 0.6 is 0 Å². The van der Waals surface area contributed by atoms with E-state index in [0.29, 0.717) is 19.3 Å². The largest absolute Gasteiger partial charge is 0.468 e. The molecule has 0 aromatic heterocycles. The van der Waals surface area contributed by atoms with Crippen molar-refractivity contribution in [3.05, 3.63) is 41.5 Å². The Morgan fingerprint density at radius 2 is 1.84 bits per heavy atom. The van der Waals surface area contributed by atoms with E-state index in [-0.39, 0.29) is 4.90 Å². The quantitative estimate of drug-likeness (QED) is 0.563. The van der Waals surface area contributed by atoms with Gasteiger partial charge in [0.05, 0.1) is 17.6 Å². The topological polar surface area (TPSA) is 80.7 Å². The first kappa shape index (κ1) is 21.4. The summed E-state index contributed by atoms with van der Waals surface area (Å²) in [5, 5.41) is 8.38. The minimum absolute atomic E-state index is 0.0917. The lowest BCUT2D eigenvalue weighted by Gasteiger charge is -2.17. The van der Waals surface area contributed by atoms with Crippen molar-refractivity contribution in [3.8, 4) is 0 Å². The van der Waals surface area contributed by atoms with Gasteiger partial charge in [-0.3, -0.25) is 4.79 Å². The van der Waals surface area contributed by atoms with E-state index in [0.717, 1.165) is 11.1 Å². The minimum Gasteiger partial charge on any atom is -0.468 e. The summed E-state index contributed by atoms with van der Waals surface area (Å²) in [7, 11) is -2.70. The lowest BCUT2D eigenvalue weighted by atomic mass is 9.99. The SMILES string of the molecule is COC(=O)C(/C=C(\C)CCCC(C)(C)O)S(=O)(=O)c1ccc(C)cc1. The normalized spacial score (nSPS) is 14.2. The van der Waals surface area contributed by atoms with Crippen LogP contribution in [0.3, 0.4) is 0 Å². The van der Waals surface area contributed by atoms with Gasteiger partial charge in [-0.2, -0.15) is 0 Å². The molecule has 25 heavy (non-hydrogen) atoms. The third-order valence-electron chi connectivity index (χ3n) is 3.91. The van der Waals surface area contributed by atoms with Gasteiger partial charge < -0.3 is 9.84 Å². The lowest BCUT2D eigenvalue weighted by Crippen LogP contribution is -2.30. The lowest BCUT2D eigenvalue weighted by molar-refractivity contribution is -0.139. The summed E-state index contributed by atoms with van der Waals surface area (Å²) in [4.78, 5) is 12.2. The predicted molar refractivity (Wildman–Crippen MR) is 98.1 cm³/mol. The highest BCUT2D eigenvalue weighted by atomic mass is 32.2. The molecule has 6 heteroatoms. The number of aryl methyl sites for hydroxylation is 1. The number of sulfone groups is 1. The zero-order chi connectivity index (χ0) is 19.3. The van der Waals surface area contributed by atoms with E-state index in [2.05, 4.69) is 0 Å². The first-order valence-corrected chi connectivity index (χ1v) is 9.80. The molecule has 0 spiro atoms. The van der Waals surface area contributed by atoms with Gasteiger partial charge in [0, 0.05) is 0 Å². The van der Waals surface area contributed by atoms with Gasteiger partial charge in [-0.25, -0.2) is 8.42 Å². The van der Waals surface area contributed by atoms with Crippen molar-refractivity contribution in [2.24, 2.45) is 0 Å². The molecule has 0 aliphatic heterocycles. The smallest absolute Gasteiger partial charge is 0.328 e. The molecule has 5 nitrogen and oxygen atoms in total. The Balaban J connectivity index is 3.06. The van der Waals surface area contributed by atoms with Crippen LogP contribution in [0.5, 0.6) is 0 Å². The van der Waals surface area contributed by atoms with Crippen LogP contribution in [-0.4, -0.2) is 37.5 Å². The summed E-state index contributed by atoms with van der Waals surface area (Å²) in [6.45, 7) is 7.10. The van der Waals surface area contributed by atoms with Crippen LogP contribution in [0.2, 0.25) is 0 Å². The Bertz CT molecular complexity index is 709. The fraction of sp³-hybridized carbons (Fsp3) is 0.526. The third kappa shape index (κ3) is 6.63. The minimum atomic E-state index is -3.88. The maximum atomic E-state index is 12.8. The molecule has 1 aromatic rings. The van der Waals surface area contributed by atoms with Crippen molar-refractivity contribution in [2.45, 2.75) is 62.7 Å². The second-order valence-electron chi connectivity index (χ2n) is 6.98. The first-order valence-electron chi connectivity index (χ1n) is 8.25. The molecule has 0 bridgehead atoms. The van der Waals surface area contributed by atoms with E-state index in [9.17, 15) is 18.3 Å². The van der Waals surface area contributed by atoms with Crippen molar-refractivity contribution in [1.82, 2.24) is 0 Å². The van der Waals surface area contributed by atoms with E-state index in [1.54, 1.807) is 32.9 Å². The molecule has 0 heterocycles. The number of rotatable bonds is 8. The Labute approximate surface area is 150 Å². The van der Waals surface area contributed by atoms with Gasteiger partial charge in [0.15, 0.2) is 15.1 Å². The summed E-state index contributed by atoms with van der Waals surface area (Å²) < 4.78 is 30.4. The van der Waals surface area contributed by atoms with Crippen molar-refractivity contribution in [2.75, 3.05) is 7.11 Å². The number of carbonyl (C=O) groups excluding carboxylic acids is 1. The number of allylic oxidation sites excluding steroid dienone is 1. The van der Waals surface area contributed by atoms with Gasteiger partial charge in [-0.1, -0.05) is 29.3 Å². The third-order valence-corrected chi connectivity index (χ3v) is 5.84. The van der Waals surface area contributed by atoms with E-state index in [1.807, 2.05) is 6.92 Å². The molecule has 0 aliphatic rings. The highest BCUT2D eigenvalue weighted by Crippen LogP contribution is 2.22. The van der Waals surface area contributed by atoms with Gasteiger partial charge in [-0.05, 0) is 59.1 Å². The molecule has 140 valence electrons. The molecule has 1 N–H and O–H groups in total. The Morgan fingerprint density at radius 3 is 2.32 bits per heavy atom. The molecule has 0 amide bonds. The fourth-order valence-electron chi connectivity index (χ4n) is 2.42. The number of hydrogen-bond acceptors (Lipinski definition) is 5. The number of benzene rings is 1. The number of ether oxygens (including phenoxy) is 1. The van der Waals surface area contributed by atoms with Crippen LogP contribution in [0.25, 0.3) is 0 Å². The van der Waals surface area contributed by atoms with Gasteiger partial charge in [0.25, 0.3) is 0 Å². The summed E-state index contributed by atoms with van der Waals surface area (Å²) in [6, 6.07) is 6.39. The van der Waals surface area contributed by atoms with E-state index < -0.39 is 26.7 Å². The number of esters is 1. The number of methoxy groups -OCH3 is 1. The molecule has 0 aliphatic carbocycles. The van der Waals surface area contributed by atoms with Crippen LogP contribution in [-0.2, 0) is 19.4 Å². The second-order valence-corrected chi connectivity index (χ2v) is 9.05. The summed E-state index contributed by atoms with van der Waals surface area (Å²) in [6.07, 6.45) is 3.34.